The Kier molecular flexibility index (Phi) is 3.60. The zero-order valence-electron chi connectivity index (χ0n) is 12.1. The highest BCUT2D eigenvalue weighted by molar-refractivity contribution is 7.16. The summed E-state index contributed by atoms with van der Waals surface area (Å²) in [6.07, 6.45) is 6.30. The SMILES string of the molecule is c1cc(OCC2CCN(c3ncnc4sccc34)C2)ccn1. The molecule has 0 amide bonds. The van der Waals surface area contributed by atoms with Gasteiger partial charge < -0.3 is 9.64 Å². The number of hydrogen-bond acceptors (Lipinski definition) is 6. The highest BCUT2D eigenvalue weighted by Gasteiger charge is 2.25. The first-order valence-electron chi connectivity index (χ1n) is 7.36. The van der Waals surface area contributed by atoms with Crippen LogP contribution in [0.25, 0.3) is 10.2 Å². The molecule has 5 nitrogen and oxygen atoms in total. The van der Waals surface area contributed by atoms with Crippen molar-refractivity contribution in [3.05, 3.63) is 42.3 Å². The molecule has 6 heteroatoms. The largest absolute Gasteiger partial charge is 0.493 e. The van der Waals surface area contributed by atoms with Crippen molar-refractivity contribution in [2.75, 3.05) is 24.6 Å². The van der Waals surface area contributed by atoms with Gasteiger partial charge in [-0.2, -0.15) is 0 Å². The van der Waals surface area contributed by atoms with E-state index in [1.807, 2.05) is 12.1 Å². The zero-order valence-corrected chi connectivity index (χ0v) is 12.9. The predicted octanol–water partition coefficient (Wildman–Crippen LogP) is 2.99. The van der Waals surface area contributed by atoms with Crippen LogP contribution in [-0.4, -0.2) is 34.6 Å². The van der Waals surface area contributed by atoms with Crippen molar-refractivity contribution >= 4 is 27.4 Å². The molecule has 0 bridgehead atoms. The minimum absolute atomic E-state index is 0.525. The molecule has 1 aliphatic rings. The number of nitrogens with zero attached hydrogens (tertiary/aromatic N) is 4. The van der Waals surface area contributed by atoms with E-state index in [1.165, 1.54) is 0 Å². The van der Waals surface area contributed by atoms with Gasteiger partial charge in [0.25, 0.3) is 0 Å². The van der Waals surface area contributed by atoms with Crippen molar-refractivity contribution in [2.45, 2.75) is 6.42 Å². The van der Waals surface area contributed by atoms with E-state index in [2.05, 4.69) is 31.3 Å². The van der Waals surface area contributed by atoms with E-state index in [4.69, 9.17) is 4.74 Å². The third kappa shape index (κ3) is 2.62. The predicted molar refractivity (Wildman–Crippen MR) is 87.5 cm³/mol. The van der Waals surface area contributed by atoms with Gasteiger partial charge in [0.2, 0.25) is 0 Å². The molecule has 1 unspecified atom stereocenters. The van der Waals surface area contributed by atoms with E-state index in [0.717, 1.165) is 47.9 Å². The Balaban J connectivity index is 1.43. The molecule has 0 N–H and O–H groups in total. The lowest BCUT2D eigenvalue weighted by molar-refractivity contribution is 0.261. The van der Waals surface area contributed by atoms with Crippen molar-refractivity contribution in [1.29, 1.82) is 0 Å². The molecular formula is C16H16N4OS. The minimum Gasteiger partial charge on any atom is -0.493 e. The quantitative estimate of drug-likeness (QED) is 0.741. The summed E-state index contributed by atoms with van der Waals surface area (Å²) in [7, 11) is 0. The first kappa shape index (κ1) is 13.5. The highest BCUT2D eigenvalue weighted by atomic mass is 32.1. The molecule has 3 aromatic rings. The number of thiophene rings is 1. The summed E-state index contributed by atoms with van der Waals surface area (Å²) in [5.74, 6) is 2.46. The molecule has 1 saturated heterocycles. The second-order valence-electron chi connectivity index (χ2n) is 5.43. The summed E-state index contributed by atoms with van der Waals surface area (Å²) in [6.45, 7) is 2.73. The summed E-state index contributed by atoms with van der Waals surface area (Å²) >= 11 is 1.66. The van der Waals surface area contributed by atoms with Crippen LogP contribution in [-0.2, 0) is 0 Å². The average Bonchev–Trinajstić information content (AvgIpc) is 3.22. The van der Waals surface area contributed by atoms with Gasteiger partial charge in [0.1, 0.15) is 22.7 Å². The summed E-state index contributed by atoms with van der Waals surface area (Å²) < 4.78 is 5.85. The van der Waals surface area contributed by atoms with E-state index < -0.39 is 0 Å². The van der Waals surface area contributed by atoms with Gasteiger partial charge in [-0.05, 0) is 30.0 Å². The van der Waals surface area contributed by atoms with Gasteiger partial charge in [-0.25, -0.2) is 9.97 Å². The number of rotatable bonds is 4. The lowest BCUT2D eigenvalue weighted by Crippen LogP contribution is -2.23. The molecular weight excluding hydrogens is 296 g/mol. The van der Waals surface area contributed by atoms with Gasteiger partial charge in [-0.1, -0.05) is 0 Å². The fourth-order valence-electron chi connectivity index (χ4n) is 2.84. The Hall–Kier alpha value is -2.21. The van der Waals surface area contributed by atoms with E-state index >= 15 is 0 Å². The summed E-state index contributed by atoms with van der Waals surface area (Å²) in [4.78, 5) is 16.2. The number of anilines is 1. The third-order valence-electron chi connectivity index (χ3n) is 3.96. The number of pyridine rings is 1. The molecule has 1 fully saturated rings. The number of hydrogen-bond donors (Lipinski definition) is 0. The van der Waals surface area contributed by atoms with Crippen molar-refractivity contribution in [1.82, 2.24) is 15.0 Å². The first-order valence-corrected chi connectivity index (χ1v) is 8.24. The topological polar surface area (TPSA) is 51.1 Å². The smallest absolute Gasteiger partial charge is 0.140 e. The van der Waals surface area contributed by atoms with Gasteiger partial charge in [-0.3, -0.25) is 4.98 Å². The zero-order chi connectivity index (χ0) is 14.8. The second kappa shape index (κ2) is 5.88. The maximum Gasteiger partial charge on any atom is 0.140 e. The Labute approximate surface area is 132 Å². The fourth-order valence-corrected chi connectivity index (χ4v) is 3.57. The lowest BCUT2D eigenvalue weighted by Gasteiger charge is -2.18. The standard InChI is InChI=1S/C16H16N4OS/c1-5-17-6-2-13(1)21-10-12-3-7-20(9-12)15-14-4-8-22-16(14)19-11-18-15/h1-2,4-6,8,11-12H,3,7,9-10H2. The van der Waals surface area contributed by atoms with Crippen molar-refractivity contribution in [2.24, 2.45) is 5.92 Å². The van der Waals surface area contributed by atoms with E-state index in [1.54, 1.807) is 30.1 Å². The minimum atomic E-state index is 0.525. The molecule has 3 aromatic heterocycles. The van der Waals surface area contributed by atoms with Crippen LogP contribution < -0.4 is 9.64 Å². The van der Waals surface area contributed by atoms with Crippen LogP contribution in [0.5, 0.6) is 5.75 Å². The van der Waals surface area contributed by atoms with E-state index in [-0.39, 0.29) is 0 Å². The Morgan fingerprint density at radius 1 is 1.23 bits per heavy atom. The fraction of sp³-hybridized carbons (Fsp3) is 0.312. The Morgan fingerprint density at radius 2 is 2.14 bits per heavy atom. The van der Waals surface area contributed by atoms with Crippen LogP contribution in [0.3, 0.4) is 0 Å². The second-order valence-corrected chi connectivity index (χ2v) is 6.33. The van der Waals surface area contributed by atoms with Gasteiger partial charge in [0.05, 0.1) is 12.0 Å². The number of fused-ring (bicyclic) bond motifs is 1. The van der Waals surface area contributed by atoms with Gasteiger partial charge in [-0.15, -0.1) is 11.3 Å². The summed E-state index contributed by atoms with van der Waals surface area (Å²) in [5.41, 5.74) is 0. The maximum absolute atomic E-state index is 5.85. The molecule has 112 valence electrons. The molecule has 22 heavy (non-hydrogen) atoms. The first-order chi connectivity index (χ1) is 10.9. The Bertz CT molecular complexity index is 761. The maximum atomic E-state index is 5.85. The molecule has 1 atom stereocenters. The molecule has 4 heterocycles. The van der Waals surface area contributed by atoms with Crippen LogP contribution in [0.15, 0.2) is 42.3 Å². The highest BCUT2D eigenvalue weighted by Crippen LogP contribution is 2.30. The van der Waals surface area contributed by atoms with Crippen molar-refractivity contribution in [3.8, 4) is 5.75 Å². The normalized spacial score (nSPS) is 18.0. The van der Waals surface area contributed by atoms with Crippen molar-refractivity contribution in [3.63, 3.8) is 0 Å². The van der Waals surface area contributed by atoms with Crippen LogP contribution in [0.4, 0.5) is 5.82 Å². The summed E-state index contributed by atoms with van der Waals surface area (Å²) in [6, 6.07) is 5.90. The lowest BCUT2D eigenvalue weighted by atomic mass is 10.1. The molecule has 0 radical (unpaired) electrons. The summed E-state index contributed by atoms with van der Waals surface area (Å²) in [5, 5.41) is 3.23. The molecule has 0 saturated carbocycles. The average molecular weight is 312 g/mol. The van der Waals surface area contributed by atoms with Gasteiger partial charge in [0.15, 0.2) is 0 Å². The van der Waals surface area contributed by atoms with Gasteiger partial charge >= 0.3 is 0 Å². The number of aromatic nitrogens is 3. The van der Waals surface area contributed by atoms with E-state index in [9.17, 15) is 0 Å². The third-order valence-corrected chi connectivity index (χ3v) is 4.78. The van der Waals surface area contributed by atoms with Crippen LogP contribution in [0.1, 0.15) is 6.42 Å². The van der Waals surface area contributed by atoms with Crippen LogP contribution in [0.2, 0.25) is 0 Å². The molecule has 0 aromatic carbocycles. The molecule has 1 aliphatic heterocycles. The number of ether oxygens (including phenoxy) is 1. The van der Waals surface area contributed by atoms with Crippen molar-refractivity contribution < 1.29 is 4.74 Å². The molecule has 0 aliphatic carbocycles. The Morgan fingerprint density at radius 3 is 3.05 bits per heavy atom. The van der Waals surface area contributed by atoms with Crippen LogP contribution >= 0.6 is 11.3 Å². The molecule has 4 rings (SSSR count). The van der Waals surface area contributed by atoms with E-state index in [0.29, 0.717) is 5.92 Å². The monoisotopic (exact) mass is 312 g/mol. The molecule has 0 spiro atoms. The van der Waals surface area contributed by atoms with Gasteiger partial charge in [0, 0.05) is 31.4 Å². The van der Waals surface area contributed by atoms with Crippen LogP contribution in [0, 0.1) is 5.92 Å².